The first-order valence-corrected chi connectivity index (χ1v) is 6.69. The molecule has 0 unspecified atom stereocenters. The molecule has 0 aromatic heterocycles. The van der Waals surface area contributed by atoms with Gasteiger partial charge in [-0.15, -0.1) is 0 Å². The predicted molar refractivity (Wildman–Crippen MR) is 72.0 cm³/mol. The highest BCUT2D eigenvalue weighted by Gasteiger charge is 2.06. The topological polar surface area (TPSA) is 29.5 Å². The molecule has 0 atom stereocenters. The number of carbonyl (C=O) groups excluding carboxylic acids is 1. The number of rotatable bonds is 9. The molecule has 3 heteroatoms. The second-order valence-electron chi connectivity index (χ2n) is 4.45. The Morgan fingerprint density at radius 3 is 2.53 bits per heavy atom. The van der Waals surface area contributed by atoms with Crippen molar-refractivity contribution in [3.05, 3.63) is 12.2 Å². The van der Waals surface area contributed by atoms with E-state index in [0.29, 0.717) is 12.6 Å². The third kappa shape index (κ3) is 8.93. The molecule has 0 heterocycles. The van der Waals surface area contributed by atoms with Crippen LogP contribution in [-0.2, 0) is 9.53 Å². The van der Waals surface area contributed by atoms with E-state index in [1.54, 1.807) is 0 Å². The van der Waals surface area contributed by atoms with Crippen LogP contribution in [0.15, 0.2) is 12.2 Å². The van der Waals surface area contributed by atoms with Crippen LogP contribution >= 0.6 is 0 Å². The first kappa shape index (κ1) is 16.2. The zero-order chi connectivity index (χ0) is 13.1. The molecular weight excluding hydrogens is 214 g/mol. The first-order chi connectivity index (χ1) is 8.11. The third-order valence-electron chi connectivity index (χ3n) is 2.66. The number of nitrogens with zero attached hydrogens (tertiary/aromatic N) is 1. The first-order valence-electron chi connectivity index (χ1n) is 6.69. The summed E-state index contributed by atoms with van der Waals surface area (Å²) < 4.78 is 4.84. The van der Waals surface area contributed by atoms with Crippen molar-refractivity contribution >= 4 is 5.97 Å². The monoisotopic (exact) mass is 241 g/mol. The fourth-order valence-electron chi connectivity index (χ4n) is 1.60. The minimum absolute atomic E-state index is 0.246. The van der Waals surface area contributed by atoms with Crippen molar-refractivity contribution in [2.45, 2.75) is 53.0 Å². The largest absolute Gasteiger partial charge is 0.463 e. The smallest absolute Gasteiger partial charge is 0.330 e. The van der Waals surface area contributed by atoms with E-state index >= 15 is 0 Å². The van der Waals surface area contributed by atoms with Gasteiger partial charge in [-0.2, -0.15) is 0 Å². The van der Waals surface area contributed by atoms with Crippen LogP contribution in [0.4, 0.5) is 0 Å². The summed E-state index contributed by atoms with van der Waals surface area (Å²) in [5.41, 5.74) is 0. The molecule has 0 rings (SSSR count). The van der Waals surface area contributed by atoms with Crippen molar-refractivity contribution in [3.63, 3.8) is 0 Å². The van der Waals surface area contributed by atoms with E-state index in [1.807, 2.05) is 13.0 Å². The van der Waals surface area contributed by atoms with Crippen LogP contribution in [0, 0.1) is 0 Å². The van der Waals surface area contributed by atoms with Gasteiger partial charge in [-0.1, -0.05) is 25.8 Å². The molecule has 0 saturated heterocycles. The summed E-state index contributed by atoms with van der Waals surface area (Å²) in [5.74, 6) is -0.246. The second-order valence-corrected chi connectivity index (χ2v) is 4.45. The van der Waals surface area contributed by atoms with Crippen LogP contribution < -0.4 is 0 Å². The molecule has 0 N–H and O–H groups in total. The molecular formula is C14H27NO2. The molecule has 0 bridgehead atoms. The Bertz CT molecular complexity index is 224. The zero-order valence-electron chi connectivity index (χ0n) is 11.7. The van der Waals surface area contributed by atoms with Crippen LogP contribution in [0.3, 0.4) is 0 Å². The molecule has 0 aromatic carbocycles. The van der Waals surface area contributed by atoms with Crippen molar-refractivity contribution in [1.29, 1.82) is 0 Å². The number of ether oxygens (including phenoxy) is 1. The fraction of sp³-hybridized carbons (Fsp3) is 0.786. The van der Waals surface area contributed by atoms with Crippen molar-refractivity contribution in [1.82, 2.24) is 4.90 Å². The molecule has 0 radical (unpaired) electrons. The average Bonchev–Trinajstić information content (AvgIpc) is 2.27. The number of esters is 1. The van der Waals surface area contributed by atoms with Gasteiger partial charge >= 0.3 is 5.97 Å². The SMILES string of the molecule is CCCCCN(C/C=C/C(=O)OCC)C(C)C. The Kier molecular flexibility index (Phi) is 9.83. The van der Waals surface area contributed by atoms with Crippen molar-refractivity contribution in [3.8, 4) is 0 Å². The van der Waals surface area contributed by atoms with Crippen molar-refractivity contribution in [2.75, 3.05) is 19.7 Å². The number of hydrogen-bond acceptors (Lipinski definition) is 3. The lowest BCUT2D eigenvalue weighted by atomic mass is 10.2. The highest BCUT2D eigenvalue weighted by atomic mass is 16.5. The highest BCUT2D eigenvalue weighted by molar-refractivity contribution is 5.81. The Labute approximate surface area is 106 Å². The molecule has 0 amide bonds. The van der Waals surface area contributed by atoms with E-state index < -0.39 is 0 Å². The zero-order valence-corrected chi connectivity index (χ0v) is 11.7. The Balaban J connectivity index is 3.95. The maximum atomic E-state index is 11.1. The van der Waals surface area contributed by atoms with E-state index in [-0.39, 0.29) is 5.97 Å². The molecule has 0 aromatic rings. The van der Waals surface area contributed by atoms with Crippen LogP contribution in [0.5, 0.6) is 0 Å². The predicted octanol–water partition coefficient (Wildman–Crippen LogP) is 3.01. The number of hydrogen-bond donors (Lipinski definition) is 0. The Morgan fingerprint density at radius 1 is 1.29 bits per heavy atom. The van der Waals surface area contributed by atoms with Gasteiger partial charge < -0.3 is 4.74 Å². The van der Waals surface area contributed by atoms with Crippen molar-refractivity contribution in [2.24, 2.45) is 0 Å². The van der Waals surface area contributed by atoms with Crippen LogP contribution in [0.25, 0.3) is 0 Å². The van der Waals surface area contributed by atoms with Gasteiger partial charge in [0.1, 0.15) is 0 Å². The standard InChI is InChI=1S/C14H27NO2/c1-5-7-8-11-15(13(3)4)12-9-10-14(16)17-6-2/h9-10,13H,5-8,11-12H2,1-4H3/b10-9+. The normalized spacial score (nSPS) is 11.6. The molecule has 0 saturated carbocycles. The molecule has 0 aliphatic carbocycles. The van der Waals surface area contributed by atoms with Gasteiger partial charge in [0.15, 0.2) is 0 Å². The Hall–Kier alpha value is -0.830. The van der Waals surface area contributed by atoms with Gasteiger partial charge in [0.05, 0.1) is 6.61 Å². The third-order valence-corrected chi connectivity index (χ3v) is 2.66. The summed E-state index contributed by atoms with van der Waals surface area (Å²) in [6, 6.07) is 0.513. The van der Waals surface area contributed by atoms with Gasteiger partial charge in [0, 0.05) is 18.7 Å². The molecule has 0 spiro atoms. The minimum Gasteiger partial charge on any atom is -0.463 e. The highest BCUT2D eigenvalue weighted by Crippen LogP contribution is 2.03. The van der Waals surface area contributed by atoms with Crippen LogP contribution in [0.1, 0.15) is 47.0 Å². The van der Waals surface area contributed by atoms with E-state index in [0.717, 1.165) is 13.1 Å². The number of unbranched alkanes of at least 4 members (excludes halogenated alkanes) is 2. The number of carbonyl (C=O) groups is 1. The summed E-state index contributed by atoms with van der Waals surface area (Å²) in [5, 5.41) is 0. The maximum Gasteiger partial charge on any atom is 0.330 e. The summed E-state index contributed by atoms with van der Waals surface area (Å²) >= 11 is 0. The van der Waals surface area contributed by atoms with Gasteiger partial charge in [-0.05, 0) is 33.7 Å². The summed E-state index contributed by atoms with van der Waals surface area (Å²) in [7, 11) is 0. The fourth-order valence-corrected chi connectivity index (χ4v) is 1.60. The quantitative estimate of drug-likeness (QED) is 0.353. The molecule has 0 aliphatic heterocycles. The van der Waals surface area contributed by atoms with Crippen LogP contribution in [-0.4, -0.2) is 36.6 Å². The van der Waals surface area contributed by atoms with E-state index in [1.165, 1.54) is 25.3 Å². The Morgan fingerprint density at radius 2 is 2.00 bits per heavy atom. The van der Waals surface area contributed by atoms with Gasteiger partial charge in [-0.25, -0.2) is 4.79 Å². The van der Waals surface area contributed by atoms with E-state index in [2.05, 4.69) is 25.7 Å². The molecule has 0 aliphatic rings. The lowest BCUT2D eigenvalue weighted by Crippen LogP contribution is -2.32. The van der Waals surface area contributed by atoms with Gasteiger partial charge in [-0.3, -0.25) is 4.90 Å². The minimum atomic E-state index is -0.246. The van der Waals surface area contributed by atoms with Gasteiger partial charge in [0.2, 0.25) is 0 Å². The summed E-state index contributed by atoms with van der Waals surface area (Å²) in [6.07, 6.45) is 7.15. The maximum absolute atomic E-state index is 11.1. The van der Waals surface area contributed by atoms with Crippen molar-refractivity contribution < 1.29 is 9.53 Å². The second kappa shape index (κ2) is 10.3. The van der Waals surface area contributed by atoms with E-state index in [4.69, 9.17) is 4.74 Å². The average molecular weight is 241 g/mol. The summed E-state index contributed by atoms with van der Waals surface area (Å²) in [6.45, 7) is 10.7. The molecule has 17 heavy (non-hydrogen) atoms. The summed E-state index contributed by atoms with van der Waals surface area (Å²) in [4.78, 5) is 13.5. The molecule has 0 fully saturated rings. The van der Waals surface area contributed by atoms with E-state index in [9.17, 15) is 4.79 Å². The van der Waals surface area contributed by atoms with Gasteiger partial charge in [0.25, 0.3) is 0 Å². The lowest BCUT2D eigenvalue weighted by molar-refractivity contribution is -0.137. The molecule has 3 nitrogen and oxygen atoms in total. The van der Waals surface area contributed by atoms with Crippen LogP contribution in [0.2, 0.25) is 0 Å². The lowest BCUT2D eigenvalue weighted by Gasteiger charge is -2.24. The molecule has 100 valence electrons.